The first-order valence-corrected chi connectivity index (χ1v) is 19.3. The first-order valence-electron chi connectivity index (χ1n) is 15.0. The molecule has 2 heterocycles. The molecular weight excluding hydrogens is 795 g/mol. The van der Waals surface area contributed by atoms with Crippen LogP contribution in [0, 0.1) is 13.8 Å². The smallest absolute Gasteiger partial charge is 0.744 e. The van der Waals surface area contributed by atoms with Gasteiger partial charge in [-0.15, -0.1) is 10.2 Å². The molecule has 23 heteroatoms. The predicted octanol–water partition coefficient (Wildman–Crippen LogP) is -0.681. The van der Waals surface area contributed by atoms with E-state index < -0.39 is 39.9 Å². The molecular formula is C32H26N10Na2O8S3. The molecule has 4 aromatic carbocycles. The van der Waals surface area contributed by atoms with E-state index in [2.05, 4.69) is 30.7 Å². The predicted molar refractivity (Wildman–Crippen MR) is 188 cm³/mol. The molecule has 18 nitrogen and oxygen atoms in total. The number of anilines is 2. The Hall–Kier alpha value is -4.13. The third kappa shape index (κ3) is 9.47. The topological polar surface area (TPSA) is 286 Å². The van der Waals surface area contributed by atoms with Gasteiger partial charge in [-0.25, -0.2) is 34.6 Å². The summed E-state index contributed by atoms with van der Waals surface area (Å²) in [5, 5.41) is 25.1. The van der Waals surface area contributed by atoms with E-state index in [4.69, 9.17) is 11.5 Å². The second kappa shape index (κ2) is 16.9. The Labute approximate surface area is 359 Å². The summed E-state index contributed by atoms with van der Waals surface area (Å²) in [6, 6.07) is 21.6. The molecule has 272 valence electrons. The Morgan fingerprint density at radius 3 is 1.20 bits per heavy atom. The first-order chi connectivity index (χ1) is 24.9. The minimum absolute atomic E-state index is 0. The number of aromatic nitrogens is 4. The molecule has 2 aromatic heterocycles. The third-order valence-corrected chi connectivity index (χ3v) is 11.1. The van der Waals surface area contributed by atoms with Gasteiger partial charge in [-0.1, -0.05) is 12.1 Å². The average Bonchev–Trinajstić information content (AvgIpc) is 3.57. The summed E-state index contributed by atoms with van der Waals surface area (Å²) in [6.45, 7) is 3.22. The molecule has 0 saturated heterocycles. The van der Waals surface area contributed by atoms with Gasteiger partial charge in [0.25, 0.3) is 0 Å². The molecule has 4 N–H and O–H groups in total. The van der Waals surface area contributed by atoms with Crippen LogP contribution in [0.4, 0.5) is 34.4 Å². The van der Waals surface area contributed by atoms with E-state index in [0.29, 0.717) is 22.8 Å². The van der Waals surface area contributed by atoms with Gasteiger partial charge < -0.3 is 20.6 Å². The maximum atomic E-state index is 13.4. The van der Waals surface area contributed by atoms with Crippen molar-refractivity contribution in [3.05, 3.63) is 108 Å². The molecule has 0 radical (unpaired) electrons. The minimum Gasteiger partial charge on any atom is -0.744 e. The summed E-state index contributed by atoms with van der Waals surface area (Å²) in [4.78, 5) is -0.941. The summed E-state index contributed by atoms with van der Waals surface area (Å²) in [5.41, 5.74) is 14.6. The number of azo groups is 2. The maximum Gasteiger partial charge on any atom is 1.00 e. The van der Waals surface area contributed by atoms with Gasteiger partial charge >= 0.3 is 59.1 Å². The molecule has 0 atom stereocenters. The molecule has 0 fully saturated rings. The van der Waals surface area contributed by atoms with Gasteiger partial charge in [0.1, 0.15) is 20.2 Å². The van der Waals surface area contributed by atoms with Crippen molar-refractivity contribution in [1.82, 2.24) is 19.6 Å². The normalized spacial score (nSPS) is 12.1. The minimum atomic E-state index is -4.71. The van der Waals surface area contributed by atoms with Crippen LogP contribution in [0.15, 0.2) is 137 Å². The van der Waals surface area contributed by atoms with Gasteiger partial charge in [0.2, 0.25) is 9.84 Å². The van der Waals surface area contributed by atoms with Gasteiger partial charge in [0.05, 0.1) is 53.7 Å². The van der Waals surface area contributed by atoms with Crippen molar-refractivity contribution >= 4 is 64.5 Å². The van der Waals surface area contributed by atoms with Crippen molar-refractivity contribution in [3.8, 4) is 11.4 Å². The van der Waals surface area contributed by atoms with Crippen LogP contribution in [0.2, 0.25) is 0 Å². The van der Waals surface area contributed by atoms with Crippen LogP contribution in [0.25, 0.3) is 11.4 Å². The largest absolute Gasteiger partial charge is 1.00 e. The second-order valence-electron chi connectivity index (χ2n) is 11.3. The zero-order chi connectivity index (χ0) is 38.3. The summed E-state index contributed by atoms with van der Waals surface area (Å²) in [7, 11) is -13.4. The fourth-order valence-electron chi connectivity index (χ4n) is 4.99. The van der Waals surface area contributed by atoms with Gasteiger partial charge in [0, 0.05) is 0 Å². The monoisotopic (exact) mass is 820 g/mol. The quantitative estimate of drug-likeness (QED) is 0.0988. The molecule has 0 aliphatic heterocycles. The Balaban J connectivity index is 0.00000336. The fourth-order valence-corrected chi connectivity index (χ4v) is 7.27. The van der Waals surface area contributed by atoms with E-state index in [1.54, 1.807) is 13.8 Å². The van der Waals surface area contributed by atoms with Crippen molar-refractivity contribution in [2.45, 2.75) is 33.4 Å². The molecule has 0 spiro atoms. The zero-order valence-electron chi connectivity index (χ0n) is 29.5. The van der Waals surface area contributed by atoms with Crippen LogP contribution in [0.3, 0.4) is 0 Å². The molecule has 0 aliphatic carbocycles. The Bertz CT molecular complexity index is 2610. The van der Waals surface area contributed by atoms with Crippen LogP contribution in [0.5, 0.6) is 0 Å². The number of benzene rings is 4. The van der Waals surface area contributed by atoms with Crippen molar-refractivity contribution in [2.24, 2.45) is 20.5 Å². The number of aryl methyl sites for hydroxylation is 2. The van der Waals surface area contributed by atoms with E-state index in [-0.39, 0.29) is 103 Å². The first kappa shape index (κ1) is 43.6. The van der Waals surface area contributed by atoms with Gasteiger partial charge in [-0.05, 0) is 98.8 Å². The molecule has 0 unspecified atom stereocenters. The summed E-state index contributed by atoms with van der Waals surface area (Å²) < 4.78 is 97.8. The van der Waals surface area contributed by atoms with Crippen LogP contribution < -0.4 is 70.6 Å². The molecule has 0 bridgehead atoms. The SMILES string of the molecule is Cc1nn(-c2cccc(S(=O)(=O)[O-])c2)c(N)c1N=Nc1ccc(S(=O)(=O)c2ccc(N=Nc3c(C)nn(-c4cccc(S(=O)(=O)[O-])c4)c3N)cc2)cc1.[Na+].[Na+]. The molecule has 6 rings (SSSR count). The second-order valence-corrected chi connectivity index (χ2v) is 16.0. The van der Waals surface area contributed by atoms with Crippen molar-refractivity contribution in [3.63, 3.8) is 0 Å². The fraction of sp³-hybridized carbons (Fsp3) is 0.0625. The Morgan fingerprint density at radius 1 is 0.527 bits per heavy atom. The molecule has 0 amide bonds. The summed E-state index contributed by atoms with van der Waals surface area (Å²) in [6.07, 6.45) is 0. The van der Waals surface area contributed by atoms with Crippen LogP contribution >= 0.6 is 0 Å². The Kier molecular flexibility index (Phi) is 13.4. The Morgan fingerprint density at radius 2 is 0.873 bits per heavy atom. The van der Waals surface area contributed by atoms with Crippen molar-refractivity contribution in [1.29, 1.82) is 0 Å². The zero-order valence-corrected chi connectivity index (χ0v) is 35.9. The number of hydrogen-bond donors (Lipinski definition) is 2. The number of nitrogens with zero attached hydrogens (tertiary/aromatic N) is 8. The number of nitrogen functional groups attached to an aromatic ring is 2. The number of nitrogens with two attached hydrogens (primary N) is 2. The van der Waals surface area contributed by atoms with E-state index in [0.717, 1.165) is 24.3 Å². The maximum absolute atomic E-state index is 13.4. The van der Waals surface area contributed by atoms with Crippen LogP contribution in [-0.4, -0.2) is 53.9 Å². The molecule has 6 aromatic rings. The standard InChI is InChI=1S/C32H28N10O8S3.2Na/c1-19-29(31(33)41(39-19)23-5-3-7-27(17-23)52(45,46)47)37-35-21-9-13-25(14-10-21)51(43,44)26-15-11-22(12-16-26)36-38-30-20(2)40-42(32(30)34)24-6-4-8-28(18-24)53(48,49)50;;/h3-18H,33-34H2,1-2H3,(H,45,46,47)(H,48,49,50);;/q;2*+1/p-2. The van der Waals surface area contributed by atoms with Gasteiger partial charge in [-0.3, -0.25) is 0 Å². The van der Waals surface area contributed by atoms with E-state index in [9.17, 15) is 34.4 Å². The van der Waals surface area contributed by atoms with Crippen LogP contribution in [-0.2, 0) is 30.1 Å². The molecule has 0 saturated carbocycles. The van der Waals surface area contributed by atoms with Gasteiger partial charge in [0.15, 0.2) is 23.0 Å². The number of rotatable bonds is 10. The summed E-state index contributed by atoms with van der Waals surface area (Å²) >= 11 is 0. The van der Waals surface area contributed by atoms with Gasteiger partial charge in [-0.2, -0.15) is 20.4 Å². The van der Waals surface area contributed by atoms with Crippen molar-refractivity contribution < 1.29 is 93.5 Å². The van der Waals surface area contributed by atoms with E-state index in [1.165, 1.54) is 82.2 Å². The van der Waals surface area contributed by atoms with Crippen LogP contribution in [0.1, 0.15) is 11.4 Å². The molecule has 55 heavy (non-hydrogen) atoms. The number of hydrogen-bond acceptors (Lipinski definition) is 16. The number of sulfone groups is 1. The van der Waals surface area contributed by atoms with E-state index in [1.807, 2.05) is 0 Å². The summed E-state index contributed by atoms with van der Waals surface area (Å²) in [5.74, 6) is 0.0640. The average molecular weight is 821 g/mol. The van der Waals surface area contributed by atoms with Crippen molar-refractivity contribution in [2.75, 3.05) is 11.5 Å². The molecule has 0 aliphatic rings. The van der Waals surface area contributed by atoms with E-state index >= 15 is 0 Å². The third-order valence-electron chi connectivity index (χ3n) is 7.65.